The van der Waals surface area contributed by atoms with E-state index in [1.165, 1.54) is 11.8 Å². The minimum absolute atomic E-state index is 0.0160. The highest BCUT2D eigenvalue weighted by Crippen LogP contribution is 2.26. The smallest absolute Gasteiger partial charge is 0.262 e. The molecule has 5 nitrogen and oxygen atoms in total. The largest absolute Gasteiger partial charge is 0.338 e. The molecular formula is C27H27N3O2S. The lowest BCUT2D eigenvalue weighted by molar-refractivity contribution is -0.128. The van der Waals surface area contributed by atoms with Crippen molar-refractivity contribution in [2.75, 3.05) is 12.8 Å². The molecule has 2 atom stereocenters. The maximum absolute atomic E-state index is 13.5. The number of amides is 1. The van der Waals surface area contributed by atoms with Gasteiger partial charge in [0.15, 0.2) is 5.16 Å². The zero-order chi connectivity index (χ0) is 23.4. The molecule has 0 saturated heterocycles. The van der Waals surface area contributed by atoms with Crippen molar-refractivity contribution in [1.82, 2.24) is 14.5 Å². The van der Waals surface area contributed by atoms with Gasteiger partial charge in [-0.1, -0.05) is 84.6 Å². The number of para-hydroxylation sites is 1. The third-order valence-electron chi connectivity index (χ3n) is 6.03. The van der Waals surface area contributed by atoms with Gasteiger partial charge in [-0.05, 0) is 37.1 Å². The molecule has 0 fully saturated rings. The van der Waals surface area contributed by atoms with Crippen molar-refractivity contribution in [2.24, 2.45) is 0 Å². The number of hydrogen-bond acceptors (Lipinski definition) is 4. The van der Waals surface area contributed by atoms with Gasteiger partial charge >= 0.3 is 0 Å². The number of carbonyl (C=O) groups excluding carboxylic acids is 1. The first kappa shape index (κ1) is 22.8. The Bertz CT molecular complexity index is 1310. The summed E-state index contributed by atoms with van der Waals surface area (Å²) in [4.78, 5) is 33.0. The van der Waals surface area contributed by atoms with Crippen LogP contribution in [-0.4, -0.2) is 33.2 Å². The molecule has 1 heterocycles. The first-order valence-electron chi connectivity index (χ1n) is 11.0. The van der Waals surface area contributed by atoms with E-state index in [-0.39, 0.29) is 29.3 Å². The normalized spacial score (nSPS) is 12.9. The molecule has 1 amide bonds. The Morgan fingerprint density at radius 2 is 1.48 bits per heavy atom. The maximum Gasteiger partial charge on any atom is 0.262 e. The van der Waals surface area contributed by atoms with Crippen LogP contribution in [-0.2, 0) is 4.79 Å². The van der Waals surface area contributed by atoms with Gasteiger partial charge in [0.05, 0.1) is 28.7 Å². The van der Waals surface area contributed by atoms with Crippen LogP contribution in [0.25, 0.3) is 10.9 Å². The van der Waals surface area contributed by atoms with E-state index < -0.39 is 0 Å². The molecule has 0 aliphatic rings. The summed E-state index contributed by atoms with van der Waals surface area (Å²) in [6.07, 6.45) is 0. The fourth-order valence-corrected chi connectivity index (χ4v) is 4.85. The molecule has 2 unspecified atom stereocenters. The zero-order valence-electron chi connectivity index (χ0n) is 19.0. The van der Waals surface area contributed by atoms with Crippen LogP contribution in [0.1, 0.15) is 37.1 Å². The van der Waals surface area contributed by atoms with Crippen molar-refractivity contribution >= 4 is 28.6 Å². The molecule has 168 valence electrons. The van der Waals surface area contributed by atoms with Crippen molar-refractivity contribution in [3.05, 3.63) is 106 Å². The Labute approximate surface area is 198 Å². The molecule has 3 aromatic carbocycles. The first-order chi connectivity index (χ1) is 16.0. The summed E-state index contributed by atoms with van der Waals surface area (Å²) in [6.45, 7) is 4.00. The highest BCUT2D eigenvalue weighted by molar-refractivity contribution is 7.99. The van der Waals surface area contributed by atoms with E-state index in [9.17, 15) is 9.59 Å². The second-order valence-electron chi connectivity index (χ2n) is 8.05. The summed E-state index contributed by atoms with van der Waals surface area (Å²) in [7, 11) is 1.81. The van der Waals surface area contributed by atoms with Crippen LogP contribution in [0.3, 0.4) is 0 Å². The molecule has 0 bridgehead atoms. The van der Waals surface area contributed by atoms with Crippen LogP contribution >= 0.6 is 11.8 Å². The Morgan fingerprint density at radius 1 is 0.909 bits per heavy atom. The van der Waals surface area contributed by atoms with Gasteiger partial charge < -0.3 is 4.90 Å². The summed E-state index contributed by atoms with van der Waals surface area (Å²) in [5, 5.41) is 1.12. The van der Waals surface area contributed by atoms with Crippen LogP contribution in [0.4, 0.5) is 0 Å². The highest BCUT2D eigenvalue weighted by Gasteiger charge is 2.21. The molecular weight excluding hydrogens is 430 g/mol. The lowest BCUT2D eigenvalue weighted by atomic mass is 10.1. The molecule has 4 aromatic rings. The molecule has 0 N–H and O–H groups in total. The van der Waals surface area contributed by atoms with Crippen molar-refractivity contribution in [1.29, 1.82) is 0 Å². The van der Waals surface area contributed by atoms with E-state index in [1.807, 2.05) is 99.8 Å². The van der Waals surface area contributed by atoms with E-state index in [2.05, 4.69) is 0 Å². The van der Waals surface area contributed by atoms with E-state index in [0.29, 0.717) is 16.1 Å². The average Bonchev–Trinajstić information content (AvgIpc) is 2.87. The SMILES string of the molecule is CC(c1ccccc1)N(C)C(=O)CSc1nc2ccccc2c(=O)n1C(C)c1ccccc1. The number of aromatic nitrogens is 2. The van der Waals surface area contributed by atoms with Gasteiger partial charge in [-0.3, -0.25) is 14.2 Å². The van der Waals surface area contributed by atoms with Gasteiger partial charge in [0.2, 0.25) is 5.91 Å². The lowest BCUT2D eigenvalue weighted by Gasteiger charge is -2.25. The van der Waals surface area contributed by atoms with Crippen molar-refractivity contribution in [2.45, 2.75) is 31.1 Å². The van der Waals surface area contributed by atoms with E-state index in [0.717, 1.165) is 11.1 Å². The van der Waals surface area contributed by atoms with Crippen molar-refractivity contribution in [3.8, 4) is 0 Å². The predicted octanol–water partition coefficient (Wildman–Crippen LogP) is 5.32. The third-order valence-corrected chi connectivity index (χ3v) is 6.96. The molecule has 0 aliphatic carbocycles. The van der Waals surface area contributed by atoms with Crippen molar-refractivity contribution < 1.29 is 4.79 Å². The lowest BCUT2D eigenvalue weighted by Crippen LogP contribution is -2.32. The van der Waals surface area contributed by atoms with Gasteiger partial charge in [-0.15, -0.1) is 0 Å². The number of hydrogen-bond donors (Lipinski definition) is 0. The first-order valence-corrected chi connectivity index (χ1v) is 12.0. The molecule has 0 aliphatic heterocycles. The average molecular weight is 458 g/mol. The van der Waals surface area contributed by atoms with Gasteiger partial charge in [-0.25, -0.2) is 4.98 Å². The monoisotopic (exact) mass is 457 g/mol. The topological polar surface area (TPSA) is 55.2 Å². The Kier molecular flexibility index (Phi) is 6.94. The van der Waals surface area contributed by atoms with Crippen LogP contribution < -0.4 is 5.56 Å². The van der Waals surface area contributed by atoms with E-state index >= 15 is 0 Å². The number of benzene rings is 3. The Morgan fingerprint density at radius 3 is 2.15 bits per heavy atom. The van der Waals surface area contributed by atoms with Crippen LogP contribution in [0.2, 0.25) is 0 Å². The number of thioether (sulfide) groups is 1. The molecule has 6 heteroatoms. The second-order valence-corrected chi connectivity index (χ2v) is 9.00. The number of rotatable bonds is 7. The number of nitrogens with zero attached hydrogens (tertiary/aromatic N) is 3. The minimum Gasteiger partial charge on any atom is -0.338 e. The second kappa shape index (κ2) is 10.0. The standard InChI is InChI=1S/C27H27N3O2S/c1-19(21-12-6-4-7-13-21)29(3)25(31)18-33-27-28-24-17-11-10-16-23(24)26(32)30(27)20(2)22-14-8-5-9-15-22/h4-17,19-20H,18H2,1-3H3. The zero-order valence-corrected chi connectivity index (χ0v) is 19.8. The quantitative estimate of drug-likeness (QED) is 0.278. The highest BCUT2D eigenvalue weighted by atomic mass is 32.2. The van der Waals surface area contributed by atoms with Gasteiger partial charge in [0.25, 0.3) is 5.56 Å². The molecule has 1 aromatic heterocycles. The minimum atomic E-state index is -0.214. The van der Waals surface area contributed by atoms with E-state index in [4.69, 9.17) is 4.98 Å². The molecule has 0 saturated carbocycles. The summed E-state index contributed by atoms with van der Waals surface area (Å²) < 4.78 is 1.70. The van der Waals surface area contributed by atoms with Crippen LogP contribution in [0.15, 0.2) is 94.9 Å². The molecule has 33 heavy (non-hydrogen) atoms. The Balaban J connectivity index is 1.64. The van der Waals surface area contributed by atoms with Gasteiger partial charge in [0.1, 0.15) is 0 Å². The Hall–Kier alpha value is -3.38. The fourth-order valence-electron chi connectivity index (χ4n) is 3.85. The summed E-state index contributed by atoms with van der Waals surface area (Å²) >= 11 is 1.31. The summed E-state index contributed by atoms with van der Waals surface area (Å²) in [6, 6.07) is 26.9. The predicted molar refractivity (Wildman–Crippen MR) is 135 cm³/mol. The maximum atomic E-state index is 13.5. The van der Waals surface area contributed by atoms with E-state index in [1.54, 1.807) is 15.5 Å². The summed E-state index contributed by atoms with van der Waals surface area (Å²) in [5.74, 6) is 0.178. The van der Waals surface area contributed by atoms with Gasteiger partial charge in [-0.2, -0.15) is 0 Å². The third kappa shape index (κ3) is 4.86. The molecule has 4 rings (SSSR count). The van der Waals surface area contributed by atoms with Crippen molar-refractivity contribution in [3.63, 3.8) is 0 Å². The van der Waals surface area contributed by atoms with Crippen LogP contribution in [0, 0.1) is 0 Å². The fraction of sp³-hybridized carbons (Fsp3) is 0.222. The van der Waals surface area contributed by atoms with Gasteiger partial charge in [0, 0.05) is 7.05 Å². The van der Waals surface area contributed by atoms with Crippen LogP contribution in [0.5, 0.6) is 0 Å². The molecule has 0 radical (unpaired) electrons. The molecule has 0 spiro atoms. The summed E-state index contributed by atoms with van der Waals surface area (Å²) in [5.41, 5.74) is 2.63. The number of fused-ring (bicyclic) bond motifs is 1. The number of carbonyl (C=O) groups is 1.